The first-order chi connectivity index (χ1) is 7.76. The molecule has 1 atom stereocenters. The van der Waals surface area contributed by atoms with Gasteiger partial charge < -0.3 is 4.79 Å². The summed E-state index contributed by atoms with van der Waals surface area (Å²) in [5, 5.41) is 2.47. The third kappa shape index (κ3) is 1.98. The molecule has 0 aliphatic carbocycles. The maximum absolute atomic E-state index is 10.8. The number of benzene rings is 2. The van der Waals surface area contributed by atoms with Crippen molar-refractivity contribution in [1.29, 1.82) is 0 Å². The van der Waals surface area contributed by atoms with Gasteiger partial charge in [-0.05, 0) is 28.7 Å². The van der Waals surface area contributed by atoms with Gasteiger partial charge in [-0.15, -0.1) is 11.8 Å². The normalized spacial score (nSPS) is 12.6. The molecular formula is C14H14OS. The van der Waals surface area contributed by atoms with Crippen molar-refractivity contribution in [2.75, 3.05) is 6.26 Å². The number of carbonyl (C=O) groups is 1. The van der Waals surface area contributed by atoms with Gasteiger partial charge in [-0.2, -0.15) is 0 Å². The zero-order chi connectivity index (χ0) is 11.5. The SMILES string of the molecule is CSc1cc(C(C)C=O)cc2ccccc12. The molecule has 0 radical (unpaired) electrons. The van der Waals surface area contributed by atoms with Crippen molar-refractivity contribution in [3.63, 3.8) is 0 Å². The standard InChI is InChI=1S/C14H14OS/c1-10(9-15)12-7-11-5-3-4-6-13(11)14(8-12)16-2/h3-10H,1-2H3. The highest BCUT2D eigenvalue weighted by Gasteiger charge is 2.08. The molecule has 0 aliphatic rings. The van der Waals surface area contributed by atoms with E-state index in [4.69, 9.17) is 0 Å². The van der Waals surface area contributed by atoms with E-state index in [1.165, 1.54) is 15.7 Å². The first kappa shape index (κ1) is 11.2. The molecule has 0 N–H and O–H groups in total. The average Bonchev–Trinajstić information content (AvgIpc) is 2.36. The number of carbonyl (C=O) groups excluding carboxylic acids is 1. The summed E-state index contributed by atoms with van der Waals surface area (Å²) in [6.07, 6.45) is 3.06. The summed E-state index contributed by atoms with van der Waals surface area (Å²) in [5.74, 6) is -0.0319. The van der Waals surface area contributed by atoms with Gasteiger partial charge in [0.25, 0.3) is 0 Å². The van der Waals surface area contributed by atoms with E-state index in [1.807, 2.05) is 19.1 Å². The van der Waals surface area contributed by atoms with E-state index in [9.17, 15) is 4.79 Å². The summed E-state index contributed by atoms with van der Waals surface area (Å²) in [7, 11) is 0. The van der Waals surface area contributed by atoms with Crippen molar-refractivity contribution < 1.29 is 4.79 Å². The Morgan fingerprint density at radius 2 is 2.00 bits per heavy atom. The van der Waals surface area contributed by atoms with Crippen molar-refractivity contribution in [3.05, 3.63) is 42.0 Å². The highest BCUT2D eigenvalue weighted by atomic mass is 32.2. The van der Waals surface area contributed by atoms with Crippen LogP contribution in [-0.4, -0.2) is 12.5 Å². The maximum atomic E-state index is 10.8. The smallest absolute Gasteiger partial charge is 0.127 e. The van der Waals surface area contributed by atoms with Crippen LogP contribution in [0.1, 0.15) is 18.4 Å². The van der Waals surface area contributed by atoms with E-state index in [0.29, 0.717) is 0 Å². The number of thioether (sulfide) groups is 1. The van der Waals surface area contributed by atoms with E-state index in [2.05, 4.69) is 30.5 Å². The Labute approximate surface area is 99.9 Å². The number of aldehydes is 1. The minimum absolute atomic E-state index is 0.0319. The average molecular weight is 230 g/mol. The van der Waals surface area contributed by atoms with Crippen molar-refractivity contribution in [2.45, 2.75) is 17.7 Å². The first-order valence-electron chi connectivity index (χ1n) is 5.28. The molecule has 2 rings (SSSR count). The molecule has 1 unspecified atom stereocenters. The van der Waals surface area contributed by atoms with Crippen LogP contribution in [0.15, 0.2) is 41.3 Å². The molecule has 1 nitrogen and oxygen atoms in total. The van der Waals surface area contributed by atoms with Gasteiger partial charge in [0.05, 0.1) is 0 Å². The summed E-state index contributed by atoms with van der Waals surface area (Å²) >= 11 is 1.72. The lowest BCUT2D eigenvalue weighted by Gasteiger charge is -2.10. The van der Waals surface area contributed by atoms with Crippen LogP contribution in [-0.2, 0) is 4.79 Å². The van der Waals surface area contributed by atoms with Crippen LogP contribution in [0.3, 0.4) is 0 Å². The minimum atomic E-state index is -0.0319. The molecule has 0 bridgehead atoms. The summed E-state index contributed by atoms with van der Waals surface area (Å²) in [5.41, 5.74) is 1.10. The molecule has 0 aliphatic heterocycles. The Balaban J connectivity index is 2.67. The molecule has 2 aromatic carbocycles. The van der Waals surface area contributed by atoms with Crippen LogP contribution in [0.2, 0.25) is 0 Å². The summed E-state index contributed by atoms with van der Waals surface area (Å²) < 4.78 is 0. The molecule has 16 heavy (non-hydrogen) atoms. The van der Waals surface area contributed by atoms with Gasteiger partial charge >= 0.3 is 0 Å². The second-order valence-corrected chi connectivity index (χ2v) is 4.72. The van der Waals surface area contributed by atoms with Crippen molar-refractivity contribution in [1.82, 2.24) is 0 Å². The van der Waals surface area contributed by atoms with Gasteiger partial charge in [0, 0.05) is 10.8 Å². The number of hydrogen-bond donors (Lipinski definition) is 0. The minimum Gasteiger partial charge on any atom is -0.303 e. The predicted molar refractivity (Wildman–Crippen MR) is 70.2 cm³/mol. The molecule has 0 spiro atoms. The van der Waals surface area contributed by atoms with Gasteiger partial charge in [0.2, 0.25) is 0 Å². The molecule has 2 aromatic rings. The molecule has 0 fully saturated rings. The van der Waals surface area contributed by atoms with Crippen LogP contribution in [0.5, 0.6) is 0 Å². The Morgan fingerprint density at radius 3 is 2.69 bits per heavy atom. The van der Waals surface area contributed by atoms with E-state index >= 15 is 0 Å². The lowest BCUT2D eigenvalue weighted by molar-refractivity contribution is -0.108. The lowest BCUT2D eigenvalue weighted by Crippen LogP contribution is -1.95. The largest absolute Gasteiger partial charge is 0.303 e. The van der Waals surface area contributed by atoms with Gasteiger partial charge in [0.15, 0.2) is 0 Å². The lowest BCUT2D eigenvalue weighted by atomic mass is 9.99. The van der Waals surface area contributed by atoms with E-state index < -0.39 is 0 Å². The Kier molecular flexibility index (Phi) is 3.30. The molecule has 0 saturated heterocycles. The van der Waals surface area contributed by atoms with Crippen molar-refractivity contribution >= 4 is 28.8 Å². The molecular weight excluding hydrogens is 216 g/mol. The van der Waals surface area contributed by atoms with Crippen LogP contribution < -0.4 is 0 Å². The van der Waals surface area contributed by atoms with Crippen LogP contribution >= 0.6 is 11.8 Å². The molecule has 0 aromatic heterocycles. The highest BCUT2D eigenvalue weighted by molar-refractivity contribution is 7.98. The van der Waals surface area contributed by atoms with Crippen LogP contribution in [0.4, 0.5) is 0 Å². The molecule has 0 saturated carbocycles. The molecule has 0 heterocycles. The Morgan fingerprint density at radius 1 is 1.25 bits per heavy atom. The zero-order valence-electron chi connectivity index (χ0n) is 9.44. The summed E-state index contributed by atoms with van der Waals surface area (Å²) in [4.78, 5) is 12.1. The second-order valence-electron chi connectivity index (χ2n) is 3.87. The fraction of sp³-hybridized carbons (Fsp3) is 0.214. The predicted octanol–water partition coefficient (Wildman–Crippen LogP) is 3.86. The fourth-order valence-electron chi connectivity index (χ4n) is 1.81. The molecule has 0 amide bonds. The fourth-order valence-corrected chi connectivity index (χ4v) is 2.47. The van der Waals surface area contributed by atoms with Crippen molar-refractivity contribution in [2.24, 2.45) is 0 Å². The van der Waals surface area contributed by atoms with Crippen molar-refractivity contribution in [3.8, 4) is 0 Å². The topological polar surface area (TPSA) is 17.1 Å². The first-order valence-corrected chi connectivity index (χ1v) is 6.50. The number of fused-ring (bicyclic) bond motifs is 1. The summed E-state index contributed by atoms with van der Waals surface area (Å²) in [6.45, 7) is 1.93. The van der Waals surface area contributed by atoms with Crippen LogP contribution in [0, 0.1) is 0 Å². The Bertz CT molecular complexity index is 519. The maximum Gasteiger partial charge on any atom is 0.127 e. The molecule has 2 heteroatoms. The quantitative estimate of drug-likeness (QED) is 0.588. The van der Waals surface area contributed by atoms with E-state index in [-0.39, 0.29) is 5.92 Å². The third-order valence-corrected chi connectivity index (χ3v) is 3.57. The van der Waals surface area contributed by atoms with Gasteiger partial charge in [-0.3, -0.25) is 0 Å². The third-order valence-electron chi connectivity index (χ3n) is 2.80. The number of rotatable bonds is 3. The van der Waals surface area contributed by atoms with E-state index in [0.717, 1.165) is 11.8 Å². The Hall–Kier alpha value is -1.28. The van der Waals surface area contributed by atoms with Gasteiger partial charge in [-0.1, -0.05) is 37.3 Å². The highest BCUT2D eigenvalue weighted by Crippen LogP contribution is 2.30. The zero-order valence-corrected chi connectivity index (χ0v) is 10.3. The van der Waals surface area contributed by atoms with Crippen LogP contribution in [0.25, 0.3) is 10.8 Å². The summed E-state index contributed by atoms with van der Waals surface area (Å²) in [6, 6.07) is 12.5. The van der Waals surface area contributed by atoms with Gasteiger partial charge in [0.1, 0.15) is 6.29 Å². The molecule has 82 valence electrons. The number of hydrogen-bond acceptors (Lipinski definition) is 2. The van der Waals surface area contributed by atoms with Gasteiger partial charge in [-0.25, -0.2) is 0 Å². The van der Waals surface area contributed by atoms with E-state index in [1.54, 1.807) is 11.8 Å². The monoisotopic (exact) mass is 230 g/mol. The second kappa shape index (κ2) is 4.71.